The number of hydrogen-bond acceptors (Lipinski definition) is 4. The topological polar surface area (TPSA) is 71.2 Å². The first-order valence-electron chi connectivity index (χ1n) is 6.83. The Morgan fingerprint density at radius 1 is 1.47 bits per heavy atom. The number of pyridine rings is 1. The third-order valence-electron chi connectivity index (χ3n) is 3.64. The second kappa shape index (κ2) is 6.52. The van der Waals surface area contributed by atoms with Gasteiger partial charge in [0.25, 0.3) is 0 Å². The van der Waals surface area contributed by atoms with Crippen molar-refractivity contribution >= 4 is 11.6 Å². The molecule has 0 aliphatic carbocycles. The minimum Gasteiger partial charge on any atom is -0.370 e. The Hall–Kier alpha value is -1.62. The van der Waals surface area contributed by atoms with E-state index in [1.54, 1.807) is 6.92 Å². The molecule has 1 saturated heterocycles. The van der Waals surface area contributed by atoms with E-state index in [-0.39, 0.29) is 5.91 Å². The van der Waals surface area contributed by atoms with Crippen LogP contribution >= 0.6 is 0 Å². The van der Waals surface area contributed by atoms with Gasteiger partial charge in [-0.3, -0.25) is 9.78 Å². The van der Waals surface area contributed by atoms with Crippen molar-refractivity contribution in [2.45, 2.75) is 26.3 Å². The molecular formula is C14H22N4O. The Morgan fingerprint density at radius 3 is 2.74 bits per heavy atom. The zero-order chi connectivity index (χ0) is 13.7. The van der Waals surface area contributed by atoms with Gasteiger partial charge in [0.15, 0.2) is 0 Å². The average molecular weight is 262 g/mol. The van der Waals surface area contributed by atoms with Crippen molar-refractivity contribution in [3.05, 3.63) is 24.0 Å². The summed E-state index contributed by atoms with van der Waals surface area (Å²) >= 11 is 0. The van der Waals surface area contributed by atoms with Crippen LogP contribution in [0.15, 0.2) is 18.3 Å². The Morgan fingerprint density at radius 2 is 2.21 bits per heavy atom. The molecule has 1 aliphatic heterocycles. The summed E-state index contributed by atoms with van der Waals surface area (Å²) < 4.78 is 0. The highest BCUT2D eigenvalue weighted by Gasteiger charge is 2.19. The highest BCUT2D eigenvalue weighted by atomic mass is 16.1. The molecule has 0 saturated carbocycles. The molecule has 0 atom stereocenters. The van der Waals surface area contributed by atoms with Crippen LogP contribution in [0, 0.1) is 5.92 Å². The smallest absolute Gasteiger partial charge is 0.216 e. The molecule has 0 bridgehead atoms. The summed E-state index contributed by atoms with van der Waals surface area (Å²) in [6, 6.07) is 4.07. The van der Waals surface area contributed by atoms with Crippen LogP contribution in [0.25, 0.3) is 0 Å². The Bertz CT molecular complexity index is 410. The molecule has 2 heterocycles. The highest BCUT2D eigenvalue weighted by Crippen LogP contribution is 2.22. The van der Waals surface area contributed by atoms with Crippen molar-refractivity contribution in [1.82, 2.24) is 10.3 Å². The number of carbonyl (C=O) groups is 1. The van der Waals surface area contributed by atoms with Crippen molar-refractivity contribution in [2.24, 2.45) is 11.7 Å². The summed E-state index contributed by atoms with van der Waals surface area (Å²) in [5.74, 6) is 0.653. The van der Waals surface area contributed by atoms with Crippen LogP contribution in [0.4, 0.5) is 5.69 Å². The lowest BCUT2D eigenvalue weighted by molar-refractivity contribution is -0.119. The van der Waals surface area contributed by atoms with Crippen molar-refractivity contribution in [3.8, 4) is 0 Å². The lowest BCUT2D eigenvalue weighted by Gasteiger charge is -2.33. The van der Waals surface area contributed by atoms with Gasteiger partial charge in [0.1, 0.15) is 0 Å². The Kier molecular flexibility index (Phi) is 4.74. The van der Waals surface area contributed by atoms with Crippen LogP contribution in [0.5, 0.6) is 0 Å². The normalized spacial score (nSPS) is 16.4. The molecule has 0 radical (unpaired) electrons. The number of piperidine rings is 1. The largest absolute Gasteiger partial charge is 0.370 e. The maximum atomic E-state index is 10.9. The van der Waals surface area contributed by atoms with Crippen LogP contribution in [-0.4, -0.2) is 30.5 Å². The molecule has 1 aliphatic rings. The van der Waals surface area contributed by atoms with Gasteiger partial charge in [0.2, 0.25) is 5.91 Å². The van der Waals surface area contributed by atoms with Crippen LogP contribution in [0.3, 0.4) is 0 Å². The predicted octanol–water partition coefficient (Wildman–Crippen LogP) is 0.893. The summed E-state index contributed by atoms with van der Waals surface area (Å²) in [5, 5.41) is 2.90. The minimum atomic E-state index is 0.0593. The second-order valence-electron chi connectivity index (χ2n) is 5.08. The number of nitrogens with two attached hydrogens (primary N) is 1. The van der Waals surface area contributed by atoms with Crippen molar-refractivity contribution in [2.75, 3.05) is 24.5 Å². The molecule has 19 heavy (non-hydrogen) atoms. The Labute approximate surface area is 114 Å². The summed E-state index contributed by atoms with van der Waals surface area (Å²) in [5.41, 5.74) is 7.63. The molecule has 0 aromatic carbocycles. The van der Waals surface area contributed by atoms with Crippen LogP contribution in [-0.2, 0) is 11.3 Å². The quantitative estimate of drug-likeness (QED) is 0.845. The molecule has 2 rings (SSSR count). The van der Waals surface area contributed by atoms with Crippen LogP contribution in [0.2, 0.25) is 0 Å². The van der Waals surface area contributed by atoms with Gasteiger partial charge in [-0.2, -0.15) is 0 Å². The first-order chi connectivity index (χ1) is 9.19. The summed E-state index contributed by atoms with van der Waals surface area (Å²) in [6.45, 7) is 4.90. The van der Waals surface area contributed by atoms with Gasteiger partial charge in [-0.1, -0.05) is 0 Å². The standard InChI is InChI=1S/C14H22N4O/c1-11(19)16-9-12-4-6-18(7-5-12)14-3-2-13(8-15)17-10-14/h2-3,10,12H,4-9,15H2,1H3,(H,16,19). The van der Waals surface area contributed by atoms with E-state index in [9.17, 15) is 4.79 Å². The third kappa shape index (κ3) is 3.92. The van der Waals surface area contributed by atoms with E-state index in [2.05, 4.69) is 21.3 Å². The highest BCUT2D eigenvalue weighted by molar-refractivity contribution is 5.72. The van der Waals surface area contributed by atoms with Gasteiger partial charge in [0, 0.05) is 33.1 Å². The fourth-order valence-corrected chi connectivity index (χ4v) is 2.41. The lowest BCUT2D eigenvalue weighted by Crippen LogP contribution is -2.38. The number of nitrogens with one attached hydrogen (secondary N) is 1. The van der Waals surface area contributed by atoms with E-state index in [1.807, 2.05) is 12.3 Å². The van der Waals surface area contributed by atoms with Crippen LogP contribution < -0.4 is 16.0 Å². The molecule has 1 aromatic rings. The fraction of sp³-hybridized carbons (Fsp3) is 0.571. The van der Waals surface area contributed by atoms with Crippen LogP contribution in [0.1, 0.15) is 25.5 Å². The van der Waals surface area contributed by atoms with Crippen molar-refractivity contribution in [1.29, 1.82) is 0 Å². The maximum Gasteiger partial charge on any atom is 0.216 e. The Balaban J connectivity index is 1.83. The fourth-order valence-electron chi connectivity index (χ4n) is 2.41. The predicted molar refractivity (Wildman–Crippen MR) is 75.7 cm³/mol. The molecular weight excluding hydrogens is 240 g/mol. The summed E-state index contributed by atoms with van der Waals surface area (Å²) in [4.78, 5) is 17.6. The molecule has 0 spiro atoms. The van der Waals surface area contributed by atoms with Crippen molar-refractivity contribution < 1.29 is 4.79 Å². The molecule has 1 fully saturated rings. The third-order valence-corrected chi connectivity index (χ3v) is 3.64. The van der Waals surface area contributed by atoms with E-state index in [1.165, 1.54) is 0 Å². The number of aromatic nitrogens is 1. The SMILES string of the molecule is CC(=O)NCC1CCN(c2ccc(CN)nc2)CC1. The van der Waals surface area contributed by atoms with E-state index < -0.39 is 0 Å². The number of nitrogens with zero attached hydrogens (tertiary/aromatic N) is 2. The van der Waals surface area contributed by atoms with Crippen molar-refractivity contribution in [3.63, 3.8) is 0 Å². The molecule has 1 aromatic heterocycles. The number of amides is 1. The monoisotopic (exact) mass is 262 g/mol. The molecule has 5 nitrogen and oxygen atoms in total. The van der Waals surface area contributed by atoms with Gasteiger partial charge in [-0.15, -0.1) is 0 Å². The number of anilines is 1. The average Bonchev–Trinajstić information content (AvgIpc) is 2.46. The second-order valence-corrected chi connectivity index (χ2v) is 5.08. The van der Waals surface area contributed by atoms with Gasteiger partial charge in [-0.05, 0) is 30.9 Å². The van der Waals surface area contributed by atoms with Gasteiger partial charge >= 0.3 is 0 Å². The molecule has 0 unspecified atom stereocenters. The van der Waals surface area contributed by atoms with E-state index in [0.29, 0.717) is 12.5 Å². The van der Waals surface area contributed by atoms with Gasteiger partial charge in [-0.25, -0.2) is 0 Å². The number of rotatable bonds is 4. The minimum absolute atomic E-state index is 0.0593. The van der Waals surface area contributed by atoms with E-state index in [0.717, 1.165) is 43.9 Å². The molecule has 3 N–H and O–H groups in total. The van der Waals surface area contributed by atoms with Gasteiger partial charge in [0.05, 0.1) is 17.6 Å². The molecule has 5 heteroatoms. The first-order valence-corrected chi connectivity index (χ1v) is 6.83. The van der Waals surface area contributed by atoms with E-state index in [4.69, 9.17) is 5.73 Å². The molecule has 104 valence electrons. The first kappa shape index (κ1) is 13.8. The maximum absolute atomic E-state index is 10.9. The van der Waals surface area contributed by atoms with E-state index >= 15 is 0 Å². The lowest BCUT2D eigenvalue weighted by atomic mass is 9.96. The summed E-state index contributed by atoms with van der Waals surface area (Å²) in [7, 11) is 0. The number of hydrogen-bond donors (Lipinski definition) is 2. The zero-order valence-electron chi connectivity index (χ0n) is 11.4. The summed E-state index contributed by atoms with van der Waals surface area (Å²) in [6.07, 6.45) is 4.12. The van der Waals surface area contributed by atoms with Gasteiger partial charge < -0.3 is 16.0 Å². The molecule has 1 amide bonds. The number of carbonyl (C=O) groups excluding carboxylic acids is 1. The zero-order valence-corrected chi connectivity index (χ0v) is 11.4.